The Labute approximate surface area is 107 Å². The van der Waals surface area contributed by atoms with Gasteiger partial charge >= 0.3 is 15.6 Å². The SMILES string of the molecule is COc1ccc(C(C)=O)c(OS(=O)(=O)C(F)(F)F)c1. The normalized spacial score (nSPS) is 12.1. The van der Waals surface area contributed by atoms with Crippen molar-refractivity contribution in [1.29, 1.82) is 0 Å². The van der Waals surface area contributed by atoms with E-state index in [-0.39, 0.29) is 11.3 Å². The van der Waals surface area contributed by atoms with Gasteiger partial charge in [-0.3, -0.25) is 4.79 Å². The molecule has 1 aromatic rings. The van der Waals surface area contributed by atoms with Crippen LogP contribution in [0.5, 0.6) is 11.5 Å². The Bertz CT molecular complexity index is 592. The minimum absolute atomic E-state index is 0.0531. The van der Waals surface area contributed by atoms with Crippen molar-refractivity contribution < 1.29 is 35.3 Å². The topological polar surface area (TPSA) is 69.7 Å². The van der Waals surface area contributed by atoms with Gasteiger partial charge in [-0.25, -0.2) is 0 Å². The van der Waals surface area contributed by atoms with Crippen molar-refractivity contribution in [2.24, 2.45) is 0 Å². The van der Waals surface area contributed by atoms with E-state index in [1.165, 1.54) is 13.2 Å². The number of hydrogen-bond acceptors (Lipinski definition) is 5. The molecule has 1 aromatic carbocycles. The highest BCUT2D eigenvalue weighted by molar-refractivity contribution is 7.88. The van der Waals surface area contributed by atoms with Crippen molar-refractivity contribution in [3.05, 3.63) is 23.8 Å². The number of hydrogen-bond donors (Lipinski definition) is 0. The average Bonchev–Trinajstić information content (AvgIpc) is 2.26. The van der Waals surface area contributed by atoms with Crippen LogP contribution in [0.15, 0.2) is 18.2 Å². The molecule has 0 fully saturated rings. The Kier molecular flexibility index (Phi) is 4.09. The van der Waals surface area contributed by atoms with E-state index >= 15 is 0 Å². The summed E-state index contributed by atoms with van der Waals surface area (Å²) in [7, 11) is -4.61. The fourth-order valence-corrected chi connectivity index (χ4v) is 1.62. The summed E-state index contributed by atoms with van der Waals surface area (Å²) in [6.07, 6.45) is 0. The smallest absolute Gasteiger partial charge is 0.497 e. The third-order valence-corrected chi connectivity index (χ3v) is 3.02. The Morgan fingerprint density at radius 2 is 1.84 bits per heavy atom. The lowest BCUT2D eigenvalue weighted by Gasteiger charge is -2.12. The fraction of sp³-hybridized carbons (Fsp3) is 0.300. The zero-order valence-electron chi connectivity index (χ0n) is 9.82. The van der Waals surface area contributed by atoms with Gasteiger partial charge in [0.1, 0.15) is 5.75 Å². The minimum atomic E-state index is -5.84. The van der Waals surface area contributed by atoms with Gasteiger partial charge in [0.25, 0.3) is 0 Å². The van der Waals surface area contributed by atoms with E-state index < -0.39 is 27.2 Å². The molecule has 19 heavy (non-hydrogen) atoms. The van der Waals surface area contributed by atoms with Crippen molar-refractivity contribution in [1.82, 2.24) is 0 Å². The number of halogens is 3. The second kappa shape index (κ2) is 5.08. The Morgan fingerprint density at radius 3 is 2.26 bits per heavy atom. The molecule has 0 spiro atoms. The van der Waals surface area contributed by atoms with Crippen molar-refractivity contribution in [2.75, 3.05) is 7.11 Å². The summed E-state index contributed by atoms with van der Waals surface area (Å²) < 4.78 is 67.1. The summed E-state index contributed by atoms with van der Waals surface area (Å²) in [5.74, 6) is -1.32. The molecular formula is C10H9F3O5S. The first kappa shape index (κ1) is 15.3. The number of alkyl halides is 3. The molecule has 0 bridgehead atoms. The van der Waals surface area contributed by atoms with E-state index in [9.17, 15) is 26.4 Å². The zero-order chi connectivity index (χ0) is 14.8. The van der Waals surface area contributed by atoms with Gasteiger partial charge in [0.05, 0.1) is 12.7 Å². The highest BCUT2D eigenvalue weighted by Gasteiger charge is 2.48. The number of ketones is 1. The predicted molar refractivity (Wildman–Crippen MR) is 58.6 cm³/mol. The molecule has 0 aliphatic carbocycles. The third kappa shape index (κ3) is 3.37. The maximum absolute atomic E-state index is 12.2. The lowest BCUT2D eigenvalue weighted by Crippen LogP contribution is -2.28. The third-order valence-electron chi connectivity index (χ3n) is 2.05. The summed E-state index contributed by atoms with van der Waals surface area (Å²) in [6, 6.07) is 3.30. The molecule has 0 atom stereocenters. The number of ether oxygens (including phenoxy) is 1. The lowest BCUT2D eigenvalue weighted by atomic mass is 10.1. The molecule has 0 radical (unpaired) electrons. The van der Waals surface area contributed by atoms with Gasteiger partial charge in [-0.15, -0.1) is 0 Å². The molecule has 0 saturated carbocycles. The molecule has 0 saturated heterocycles. The molecule has 0 N–H and O–H groups in total. The van der Waals surface area contributed by atoms with Crippen LogP contribution in [-0.2, 0) is 10.1 Å². The van der Waals surface area contributed by atoms with Crippen LogP contribution in [0.3, 0.4) is 0 Å². The van der Waals surface area contributed by atoms with Crippen LogP contribution in [0, 0.1) is 0 Å². The summed E-state index contributed by atoms with van der Waals surface area (Å²) >= 11 is 0. The molecule has 0 unspecified atom stereocenters. The Balaban J connectivity index is 3.30. The van der Waals surface area contributed by atoms with Gasteiger partial charge in [0.2, 0.25) is 0 Å². The maximum Gasteiger partial charge on any atom is 0.534 e. The molecule has 0 amide bonds. The molecular weight excluding hydrogens is 289 g/mol. The van der Waals surface area contributed by atoms with Gasteiger partial charge in [-0.05, 0) is 19.1 Å². The van der Waals surface area contributed by atoms with E-state index in [1.54, 1.807) is 0 Å². The molecule has 1 rings (SSSR count). The maximum atomic E-state index is 12.2. The highest BCUT2D eigenvalue weighted by Crippen LogP contribution is 2.31. The quantitative estimate of drug-likeness (QED) is 0.484. The summed E-state index contributed by atoms with van der Waals surface area (Å²) in [5.41, 5.74) is -5.88. The van der Waals surface area contributed by atoms with Gasteiger partial charge in [0, 0.05) is 6.07 Å². The van der Waals surface area contributed by atoms with E-state index in [2.05, 4.69) is 4.18 Å². The van der Waals surface area contributed by atoms with E-state index in [1.807, 2.05) is 0 Å². The van der Waals surface area contributed by atoms with Crippen LogP contribution < -0.4 is 8.92 Å². The van der Waals surface area contributed by atoms with Gasteiger partial charge in [-0.2, -0.15) is 21.6 Å². The number of Topliss-reactive ketones (excluding diaryl/α,β-unsaturated/α-hetero) is 1. The Morgan fingerprint density at radius 1 is 1.26 bits per heavy atom. The first-order chi connectivity index (χ1) is 8.58. The van der Waals surface area contributed by atoms with Crippen LogP contribution in [0.4, 0.5) is 13.2 Å². The first-order valence-electron chi connectivity index (χ1n) is 4.78. The van der Waals surface area contributed by atoms with Gasteiger partial charge in [-0.1, -0.05) is 0 Å². The predicted octanol–water partition coefficient (Wildman–Crippen LogP) is 2.13. The molecule has 0 aliphatic rings. The van der Waals surface area contributed by atoms with Crippen molar-refractivity contribution in [2.45, 2.75) is 12.4 Å². The number of rotatable bonds is 4. The number of carbonyl (C=O) groups is 1. The monoisotopic (exact) mass is 298 g/mol. The van der Waals surface area contributed by atoms with Gasteiger partial charge in [0.15, 0.2) is 11.5 Å². The van der Waals surface area contributed by atoms with Crippen LogP contribution in [-0.4, -0.2) is 26.8 Å². The van der Waals surface area contributed by atoms with Crippen LogP contribution >= 0.6 is 0 Å². The average molecular weight is 298 g/mol. The lowest BCUT2D eigenvalue weighted by molar-refractivity contribution is -0.0500. The molecule has 106 valence electrons. The molecule has 0 aliphatic heterocycles. The summed E-state index contributed by atoms with van der Waals surface area (Å²) in [5, 5.41) is 0. The standard InChI is InChI=1S/C10H9F3O5S/c1-6(14)8-4-3-7(17-2)5-9(8)18-19(15,16)10(11,12)13/h3-5H,1-2H3. The number of methoxy groups -OCH3 is 1. The highest BCUT2D eigenvalue weighted by atomic mass is 32.2. The number of carbonyl (C=O) groups excluding carboxylic acids is 1. The summed E-state index contributed by atoms with van der Waals surface area (Å²) in [6.45, 7) is 1.06. The second-order valence-corrected chi connectivity index (χ2v) is 4.94. The van der Waals surface area contributed by atoms with E-state index in [0.29, 0.717) is 0 Å². The number of benzene rings is 1. The van der Waals surface area contributed by atoms with Crippen molar-refractivity contribution >= 4 is 15.9 Å². The zero-order valence-corrected chi connectivity index (χ0v) is 10.6. The van der Waals surface area contributed by atoms with Crippen LogP contribution in [0.2, 0.25) is 0 Å². The van der Waals surface area contributed by atoms with E-state index in [4.69, 9.17) is 4.74 Å². The Hall–Kier alpha value is -1.77. The molecule has 0 aromatic heterocycles. The van der Waals surface area contributed by atoms with Crippen LogP contribution in [0.1, 0.15) is 17.3 Å². The second-order valence-electron chi connectivity index (χ2n) is 3.40. The summed E-state index contributed by atoms with van der Waals surface area (Å²) in [4.78, 5) is 11.2. The largest absolute Gasteiger partial charge is 0.534 e. The van der Waals surface area contributed by atoms with Crippen molar-refractivity contribution in [3.8, 4) is 11.5 Å². The molecule has 5 nitrogen and oxygen atoms in total. The minimum Gasteiger partial charge on any atom is -0.497 e. The fourth-order valence-electron chi connectivity index (χ4n) is 1.15. The molecule has 9 heteroatoms. The first-order valence-corrected chi connectivity index (χ1v) is 6.19. The van der Waals surface area contributed by atoms with Crippen LogP contribution in [0.25, 0.3) is 0 Å². The molecule has 0 heterocycles. The van der Waals surface area contributed by atoms with Gasteiger partial charge < -0.3 is 8.92 Å². The van der Waals surface area contributed by atoms with E-state index in [0.717, 1.165) is 19.1 Å². The van der Waals surface area contributed by atoms with Crippen molar-refractivity contribution in [3.63, 3.8) is 0 Å².